The molecule has 0 spiro atoms. The number of thiazole rings is 1. The van der Waals surface area contributed by atoms with Gasteiger partial charge in [-0.05, 0) is 71.4 Å². The fourth-order valence-electron chi connectivity index (χ4n) is 3.64. The largest absolute Gasteiger partial charge is 0.460 e. The van der Waals surface area contributed by atoms with Crippen molar-refractivity contribution in [3.05, 3.63) is 24.3 Å². The lowest BCUT2D eigenvalue weighted by molar-refractivity contribution is -0.204. The molecule has 3 rings (SSSR count). The van der Waals surface area contributed by atoms with E-state index in [2.05, 4.69) is 4.98 Å². The van der Waals surface area contributed by atoms with Gasteiger partial charge in [-0.25, -0.2) is 13.4 Å². The third-order valence-corrected chi connectivity index (χ3v) is 8.23. The van der Waals surface area contributed by atoms with Crippen LogP contribution >= 0.6 is 11.3 Å². The van der Waals surface area contributed by atoms with Crippen LogP contribution in [0.15, 0.2) is 28.6 Å². The summed E-state index contributed by atoms with van der Waals surface area (Å²) < 4.78 is 38.2. The van der Waals surface area contributed by atoms with E-state index in [4.69, 9.17) is 9.47 Å². The fraction of sp³-hybridized carbons (Fsp3) is 0.636. The van der Waals surface area contributed by atoms with Crippen molar-refractivity contribution in [3.8, 4) is 0 Å². The Labute approximate surface area is 187 Å². The molecule has 1 aliphatic carbocycles. The van der Waals surface area contributed by atoms with Gasteiger partial charge in [0.05, 0.1) is 28.5 Å². The Bertz CT molecular complexity index is 1010. The smallest absolute Gasteiger partial charge is 0.306 e. The summed E-state index contributed by atoms with van der Waals surface area (Å²) in [5, 5.41) is 10.2. The SMILES string of the molecule is CC(C)(C)OC(=O)CC1(C[C@@H](CS(=O)(=O)c2nc3ccccc3s2)OC(C)(C)O)CC1. The lowest BCUT2D eigenvalue weighted by atomic mass is 9.95. The number of hydrogen-bond acceptors (Lipinski definition) is 8. The van der Waals surface area contributed by atoms with E-state index in [1.54, 1.807) is 6.07 Å². The summed E-state index contributed by atoms with van der Waals surface area (Å²) in [7, 11) is -3.74. The topological polar surface area (TPSA) is 103 Å². The number of carbonyl (C=O) groups is 1. The Morgan fingerprint density at radius 1 is 1.23 bits per heavy atom. The zero-order valence-corrected chi connectivity index (χ0v) is 20.3. The van der Waals surface area contributed by atoms with Crippen LogP contribution in [0.5, 0.6) is 0 Å². The minimum atomic E-state index is -3.74. The van der Waals surface area contributed by atoms with Crippen LogP contribution in [0.1, 0.15) is 60.3 Å². The molecule has 2 aromatic rings. The van der Waals surface area contributed by atoms with Crippen molar-refractivity contribution in [2.75, 3.05) is 5.75 Å². The predicted octanol–water partition coefficient (Wildman–Crippen LogP) is 4.09. The Morgan fingerprint density at radius 3 is 2.42 bits per heavy atom. The molecule has 0 amide bonds. The highest BCUT2D eigenvalue weighted by atomic mass is 32.2. The number of esters is 1. The molecule has 1 heterocycles. The van der Waals surface area contributed by atoms with Crippen LogP contribution in [-0.2, 0) is 24.1 Å². The number of para-hydroxylation sites is 1. The van der Waals surface area contributed by atoms with E-state index in [9.17, 15) is 18.3 Å². The normalized spacial score (nSPS) is 17.5. The molecule has 0 unspecified atom stereocenters. The van der Waals surface area contributed by atoms with Crippen LogP contribution in [0.25, 0.3) is 10.2 Å². The standard InChI is InChI=1S/C22H31NO6S2/c1-20(2,3)29-18(24)13-22(10-11-22)12-15(28-21(4,5)25)14-31(26,27)19-23-16-8-6-7-9-17(16)30-19/h6-9,15,25H,10-14H2,1-5H3/t15-/m0/s1. The van der Waals surface area contributed by atoms with Gasteiger partial charge in [-0.3, -0.25) is 4.79 Å². The lowest BCUT2D eigenvalue weighted by Crippen LogP contribution is -2.37. The average Bonchev–Trinajstić information content (AvgIpc) is 3.15. The van der Waals surface area contributed by atoms with Crippen molar-refractivity contribution in [2.45, 2.75) is 82.1 Å². The fourth-order valence-corrected chi connectivity index (χ4v) is 6.37. The van der Waals surface area contributed by atoms with Gasteiger partial charge in [0.15, 0.2) is 5.79 Å². The molecule has 31 heavy (non-hydrogen) atoms. The summed E-state index contributed by atoms with van der Waals surface area (Å²) in [6, 6.07) is 7.25. The van der Waals surface area contributed by atoms with Gasteiger partial charge in [0.25, 0.3) is 0 Å². The van der Waals surface area contributed by atoms with Crippen molar-refractivity contribution < 1.29 is 27.8 Å². The quantitative estimate of drug-likeness (QED) is 0.436. The maximum Gasteiger partial charge on any atom is 0.306 e. The minimum Gasteiger partial charge on any atom is -0.460 e. The second-order valence-corrected chi connectivity index (χ2v) is 13.1. The van der Waals surface area contributed by atoms with E-state index in [1.165, 1.54) is 13.8 Å². The Balaban J connectivity index is 1.77. The molecule has 1 aromatic heterocycles. The number of ether oxygens (including phenoxy) is 2. The maximum absolute atomic E-state index is 13.1. The van der Waals surface area contributed by atoms with Gasteiger partial charge < -0.3 is 14.6 Å². The van der Waals surface area contributed by atoms with Crippen LogP contribution in [-0.4, -0.2) is 47.7 Å². The molecule has 1 saturated carbocycles. The average molecular weight is 470 g/mol. The molecule has 0 saturated heterocycles. The number of fused-ring (bicyclic) bond motifs is 1. The first-order valence-corrected chi connectivity index (χ1v) is 12.8. The van der Waals surface area contributed by atoms with Crippen LogP contribution in [0, 0.1) is 5.41 Å². The number of aromatic nitrogens is 1. The van der Waals surface area contributed by atoms with Crippen LogP contribution in [0.3, 0.4) is 0 Å². The summed E-state index contributed by atoms with van der Waals surface area (Å²) >= 11 is 1.12. The van der Waals surface area contributed by atoms with Crippen LogP contribution in [0.2, 0.25) is 0 Å². The number of carbonyl (C=O) groups excluding carboxylic acids is 1. The molecule has 0 radical (unpaired) electrons. The predicted molar refractivity (Wildman–Crippen MR) is 120 cm³/mol. The van der Waals surface area contributed by atoms with Crippen LogP contribution < -0.4 is 0 Å². The molecule has 1 fully saturated rings. The molecule has 1 aliphatic rings. The summed E-state index contributed by atoms with van der Waals surface area (Å²) in [6.45, 7) is 8.38. The third-order valence-electron chi connectivity index (χ3n) is 4.96. The number of hydrogen-bond donors (Lipinski definition) is 1. The van der Waals surface area contributed by atoms with Gasteiger partial charge in [-0.15, -0.1) is 11.3 Å². The van der Waals surface area contributed by atoms with E-state index in [1.807, 2.05) is 39.0 Å². The Morgan fingerprint density at radius 2 is 1.87 bits per heavy atom. The molecule has 1 N–H and O–H groups in total. The maximum atomic E-state index is 13.1. The van der Waals surface area contributed by atoms with Crippen molar-refractivity contribution >= 4 is 37.4 Å². The van der Waals surface area contributed by atoms with E-state index < -0.39 is 27.3 Å². The number of sulfone groups is 1. The van der Waals surface area contributed by atoms with Gasteiger partial charge in [0.1, 0.15) is 5.60 Å². The third kappa shape index (κ3) is 6.97. The zero-order chi connectivity index (χ0) is 23.1. The number of benzene rings is 1. The van der Waals surface area contributed by atoms with Crippen LogP contribution in [0.4, 0.5) is 0 Å². The first-order valence-electron chi connectivity index (χ1n) is 10.4. The van der Waals surface area contributed by atoms with E-state index in [0.29, 0.717) is 11.9 Å². The minimum absolute atomic E-state index is 0.0371. The second-order valence-electron chi connectivity index (χ2n) is 9.88. The van der Waals surface area contributed by atoms with Gasteiger partial charge in [0.2, 0.25) is 14.2 Å². The number of rotatable bonds is 9. The Kier molecular flexibility index (Phi) is 6.55. The highest BCUT2D eigenvalue weighted by Crippen LogP contribution is 2.53. The first-order chi connectivity index (χ1) is 14.2. The summed E-state index contributed by atoms with van der Waals surface area (Å²) in [4.78, 5) is 16.6. The van der Waals surface area contributed by atoms with Gasteiger partial charge in [0, 0.05) is 0 Å². The second kappa shape index (κ2) is 8.42. The number of aliphatic hydroxyl groups is 1. The summed E-state index contributed by atoms with van der Waals surface area (Å²) in [6.07, 6.45) is 1.36. The van der Waals surface area contributed by atoms with Crippen molar-refractivity contribution in [1.82, 2.24) is 4.98 Å². The van der Waals surface area contributed by atoms with E-state index >= 15 is 0 Å². The van der Waals surface area contributed by atoms with Gasteiger partial charge in [-0.2, -0.15) is 0 Å². The molecule has 1 atom stereocenters. The highest BCUT2D eigenvalue weighted by Gasteiger charge is 2.48. The summed E-state index contributed by atoms with van der Waals surface area (Å²) in [5.41, 5.74) is -0.303. The molecular formula is C22H31NO6S2. The van der Waals surface area contributed by atoms with E-state index in [-0.39, 0.29) is 27.9 Å². The van der Waals surface area contributed by atoms with E-state index in [0.717, 1.165) is 28.9 Å². The van der Waals surface area contributed by atoms with Gasteiger partial charge in [-0.1, -0.05) is 12.1 Å². The van der Waals surface area contributed by atoms with Crippen molar-refractivity contribution in [3.63, 3.8) is 0 Å². The molecule has 9 heteroatoms. The zero-order valence-electron chi connectivity index (χ0n) is 18.7. The summed E-state index contributed by atoms with van der Waals surface area (Å²) in [5.74, 6) is -2.12. The molecule has 7 nitrogen and oxygen atoms in total. The highest BCUT2D eigenvalue weighted by molar-refractivity contribution is 7.93. The number of nitrogens with zero attached hydrogens (tertiary/aromatic N) is 1. The molecular weight excluding hydrogens is 438 g/mol. The monoisotopic (exact) mass is 469 g/mol. The van der Waals surface area contributed by atoms with Crippen molar-refractivity contribution in [1.29, 1.82) is 0 Å². The molecule has 172 valence electrons. The van der Waals surface area contributed by atoms with Gasteiger partial charge >= 0.3 is 5.97 Å². The first kappa shape index (κ1) is 24.1. The Hall–Kier alpha value is -1.55. The molecule has 0 aliphatic heterocycles. The van der Waals surface area contributed by atoms with Crippen molar-refractivity contribution in [2.24, 2.45) is 5.41 Å². The molecule has 1 aromatic carbocycles. The molecule has 0 bridgehead atoms. The lowest BCUT2D eigenvalue weighted by Gasteiger charge is -2.29.